The summed E-state index contributed by atoms with van der Waals surface area (Å²) in [5.74, 6) is -0.425. The van der Waals surface area contributed by atoms with Gasteiger partial charge in [0.15, 0.2) is 0 Å². The molecule has 1 aliphatic rings. The average Bonchev–Trinajstić information content (AvgIpc) is 2.58. The van der Waals surface area contributed by atoms with Crippen LogP contribution >= 0.6 is 0 Å². The van der Waals surface area contributed by atoms with Gasteiger partial charge < -0.3 is 15.2 Å². The summed E-state index contributed by atoms with van der Waals surface area (Å²) in [6.07, 6.45) is 1.97. The molecule has 1 aliphatic carbocycles. The number of carbonyl (C=O) groups excluding carboxylic acids is 1. The predicted octanol–water partition coefficient (Wildman–Crippen LogP) is 3.18. The van der Waals surface area contributed by atoms with Crippen molar-refractivity contribution in [1.29, 1.82) is 0 Å². The third-order valence-corrected chi connectivity index (χ3v) is 3.58. The number of rotatable bonds is 4. The average molecular weight is 285 g/mol. The highest BCUT2D eigenvalue weighted by molar-refractivity contribution is 5.75. The van der Waals surface area contributed by atoms with E-state index in [9.17, 15) is 14.7 Å². The van der Waals surface area contributed by atoms with E-state index in [1.807, 2.05) is 34.6 Å². The van der Waals surface area contributed by atoms with Gasteiger partial charge in [0.05, 0.1) is 5.41 Å². The molecule has 0 spiro atoms. The lowest BCUT2D eigenvalue weighted by molar-refractivity contribution is -0.149. The summed E-state index contributed by atoms with van der Waals surface area (Å²) in [4.78, 5) is 23.3. The van der Waals surface area contributed by atoms with E-state index < -0.39 is 23.1 Å². The highest BCUT2D eigenvalue weighted by Gasteiger charge is 2.46. The number of aliphatic carboxylic acids is 1. The Morgan fingerprint density at radius 2 is 2.00 bits per heavy atom. The van der Waals surface area contributed by atoms with Crippen molar-refractivity contribution in [3.05, 3.63) is 0 Å². The van der Waals surface area contributed by atoms with Gasteiger partial charge in [0.25, 0.3) is 0 Å². The van der Waals surface area contributed by atoms with Gasteiger partial charge in [-0.15, -0.1) is 0 Å². The molecule has 1 rings (SSSR count). The molecule has 2 N–H and O–H groups in total. The number of ether oxygens (including phenoxy) is 1. The first kappa shape index (κ1) is 16.8. The number of amides is 1. The van der Waals surface area contributed by atoms with E-state index in [1.165, 1.54) is 0 Å². The molecule has 0 aromatic heterocycles. The van der Waals surface area contributed by atoms with E-state index in [0.717, 1.165) is 0 Å². The summed E-state index contributed by atoms with van der Waals surface area (Å²) in [6.45, 7) is 9.48. The third-order valence-electron chi connectivity index (χ3n) is 3.58. The van der Waals surface area contributed by atoms with E-state index >= 15 is 0 Å². The van der Waals surface area contributed by atoms with Gasteiger partial charge in [-0.2, -0.15) is 0 Å². The normalized spacial score (nSPS) is 26.6. The molecular weight excluding hydrogens is 258 g/mol. The van der Waals surface area contributed by atoms with E-state index in [-0.39, 0.29) is 6.04 Å². The molecule has 5 heteroatoms. The number of carbonyl (C=O) groups is 2. The quantitative estimate of drug-likeness (QED) is 0.831. The lowest BCUT2D eigenvalue weighted by Crippen LogP contribution is -2.39. The smallest absolute Gasteiger partial charge is 0.407 e. The molecule has 1 saturated carbocycles. The molecule has 0 radical (unpaired) electrons. The molecule has 0 saturated heterocycles. The highest BCUT2D eigenvalue weighted by Crippen LogP contribution is 2.43. The largest absolute Gasteiger partial charge is 0.481 e. The van der Waals surface area contributed by atoms with Crippen LogP contribution in [0, 0.1) is 11.3 Å². The molecule has 1 amide bonds. The number of hydrogen-bond donors (Lipinski definition) is 2. The van der Waals surface area contributed by atoms with Crippen molar-refractivity contribution in [1.82, 2.24) is 5.32 Å². The van der Waals surface area contributed by atoms with Crippen molar-refractivity contribution in [2.45, 2.75) is 71.9 Å². The van der Waals surface area contributed by atoms with Crippen LogP contribution < -0.4 is 5.32 Å². The van der Waals surface area contributed by atoms with Gasteiger partial charge in [-0.05, 0) is 52.4 Å². The van der Waals surface area contributed by atoms with Crippen LogP contribution in [-0.4, -0.2) is 28.8 Å². The molecule has 0 aliphatic heterocycles. The van der Waals surface area contributed by atoms with Gasteiger partial charge in [-0.1, -0.05) is 13.8 Å². The van der Waals surface area contributed by atoms with Crippen molar-refractivity contribution < 1.29 is 19.4 Å². The van der Waals surface area contributed by atoms with Gasteiger partial charge in [0, 0.05) is 6.04 Å². The fourth-order valence-corrected chi connectivity index (χ4v) is 2.97. The van der Waals surface area contributed by atoms with E-state index in [4.69, 9.17) is 4.74 Å². The van der Waals surface area contributed by atoms with Crippen molar-refractivity contribution >= 4 is 12.1 Å². The Morgan fingerprint density at radius 1 is 1.40 bits per heavy atom. The van der Waals surface area contributed by atoms with Crippen molar-refractivity contribution in [2.24, 2.45) is 11.3 Å². The first-order chi connectivity index (χ1) is 9.04. The first-order valence-corrected chi connectivity index (χ1v) is 7.27. The minimum absolute atomic E-state index is 0.111. The molecule has 0 aromatic rings. The third kappa shape index (κ3) is 4.69. The minimum atomic E-state index is -0.750. The number of carboxylic acid groups (broad SMARTS) is 1. The predicted molar refractivity (Wildman–Crippen MR) is 76.5 cm³/mol. The summed E-state index contributed by atoms with van der Waals surface area (Å²) in [6, 6.07) is -0.111. The molecule has 2 atom stereocenters. The fourth-order valence-electron chi connectivity index (χ4n) is 2.97. The number of alkyl carbamates (subject to hydrolysis) is 1. The number of nitrogens with one attached hydrogen (secondary N) is 1. The van der Waals surface area contributed by atoms with Crippen LogP contribution in [0.3, 0.4) is 0 Å². The van der Waals surface area contributed by atoms with Gasteiger partial charge in [-0.3, -0.25) is 4.79 Å². The number of hydrogen-bond acceptors (Lipinski definition) is 3. The van der Waals surface area contributed by atoms with Gasteiger partial charge >= 0.3 is 12.1 Å². The number of carboxylic acids is 1. The topological polar surface area (TPSA) is 75.6 Å². The lowest BCUT2D eigenvalue weighted by Gasteiger charge is -2.27. The molecule has 0 heterocycles. The van der Waals surface area contributed by atoms with Gasteiger partial charge in [-0.25, -0.2) is 4.79 Å². The summed E-state index contributed by atoms with van der Waals surface area (Å²) < 4.78 is 5.21. The van der Waals surface area contributed by atoms with Crippen LogP contribution in [0.4, 0.5) is 4.79 Å². The summed E-state index contributed by atoms with van der Waals surface area (Å²) in [7, 11) is 0. The van der Waals surface area contributed by atoms with E-state index in [1.54, 1.807) is 0 Å². The zero-order valence-electron chi connectivity index (χ0n) is 13.2. The monoisotopic (exact) mass is 285 g/mol. The molecule has 1 fully saturated rings. The zero-order valence-corrected chi connectivity index (χ0v) is 13.2. The second kappa shape index (κ2) is 6.02. The van der Waals surface area contributed by atoms with Crippen LogP contribution in [0.2, 0.25) is 0 Å². The van der Waals surface area contributed by atoms with Crippen LogP contribution in [0.1, 0.15) is 60.3 Å². The van der Waals surface area contributed by atoms with Gasteiger partial charge in [0.1, 0.15) is 5.60 Å². The van der Waals surface area contributed by atoms with Crippen molar-refractivity contribution in [2.75, 3.05) is 0 Å². The molecule has 20 heavy (non-hydrogen) atoms. The van der Waals surface area contributed by atoms with Crippen molar-refractivity contribution in [3.8, 4) is 0 Å². The highest BCUT2D eigenvalue weighted by atomic mass is 16.6. The van der Waals surface area contributed by atoms with Gasteiger partial charge in [0.2, 0.25) is 0 Å². The van der Waals surface area contributed by atoms with Crippen molar-refractivity contribution in [3.63, 3.8) is 0 Å². The molecule has 0 aromatic carbocycles. The fraction of sp³-hybridized carbons (Fsp3) is 0.867. The summed E-state index contributed by atoms with van der Waals surface area (Å²) in [5, 5.41) is 12.3. The Bertz CT molecular complexity index is 373. The molecule has 0 bridgehead atoms. The maximum Gasteiger partial charge on any atom is 0.407 e. The van der Waals surface area contributed by atoms with Crippen LogP contribution in [0.5, 0.6) is 0 Å². The van der Waals surface area contributed by atoms with E-state index in [0.29, 0.717) is 31.6 Å². The standard InChI is InChI=1S/C15H27NO4/c1-10(2)8-15(12(17)18)7-6-11(9-15)16-13(19)20-14(3,4)5/h10-11H,6-9H2,1-5H3,(H,16,19)(H,17,18)/t11-,15-/m1/s1. The lowest BCUT2D eigenvalue weighted by atomic mass is 9.78. The Hall–Kier alpha value is -1.26. The molecule has 5 nitrogen and oxygen atoms in total. The Morgan fingerprint density at radius 3 is 2.45 bits per heavy atom. The van der Waals surface area contributed by atoms with Crippen LogP contribution in [0.15, 0.2) is 0 Å². The first-order valence-electron chi connectivity index (χ1n) is 7.27. The molecular formula is C15H27NO4. The zero-order chi connectivity index (χ0) is 15.6. The SMILES string of the molecule is CC(C)C[C@]1(C(=O)O)CC[C@@H](NC(=O)OC(C)(C)C)C1. The maximum atomic E-state index is 11.7. The Labute approximate surface area is 121 Å². The molecule has 0 unspecified atom stereocenters. The minimum Gasteiger partial charge on any atom is -0.481 e. The molecule has 116 valence electrons. The second-order valence-electron chi connectivity index (χ2n) is 7.27. The van der Waals surface area contributed by atoms with Crippen LogP contribution in [0.25, 0.3) is 0 Å². The summed E-state index contributed by atoms with van der Waals surface area (Å²) >= 11 is 0. The van der Waals surface area contributed by atoms with Crippen LogP contribution in [-0.2, 0) is 9.53 Å². The van der Waals surface area contributed by atoms with E-state index in [2.05, 4.69) is 5.32 Å². The second-order valence-corrected chi connectivity index (χ2v) is 7.27. The Kier molecular flexibility index (Phi) is 5.05. The maximum absolute atomic E-state index is 11.7. The summed E-state index contributed by atoms with van der Waals surface area (Å²) in [5.41, 5.74) is -1.24. The Balaban J connectivity index is 2.61.